The van der Waals surface area contributed by atoms with Crippen molar-refractivity contribution in [1.82, 2.24) is 0 Å². The first-order valence-electron chi connectivity index (χ1n) is 6.35. The van der Waals surface area contributed by atoms with Crippen LogP contribution in [0.2, 0.25) is 0 Å². The molecule has 0 aromatic heterocycles. The summed E-state index contributed by atoms with van der Waals surface area (Å²) in [5, 5.41) is 0. The van der Waals surface area contributed by atoms with Crippen LogP contribution in [0.1, 0.15) is 39.5 Å². The predicted octanol–water partition coefficient (Wildman–Crippen LogP) is 2.19. The number of methoxy groups -OCH3 is 2. The molecule has 16 heavy (non-hydrogen) atoms. The minimum atomic E-state index is 0.00984. The van der Waals surface area contributed by atoms with Crippen LogP contribution in [0.15, 0.2) is 0 Å². The Hall–Kier alpha value is -0.120. The van der Waals surface area contributed by atoms with Crippen LogP contribution in [0.5, 0.6) is 0 Å². The van der Waals surface area contributed by atoms with Crippen molar-refractivity contribution in [3.63, 3.8) is 0 Å². The van der Waals surface area contributed by atoms with Crippen molar-refractivity contribution in [2.75, 3.05) is 20.8 Å². The van der Waals surface area contributed by atoms with Crippen LogP contribution >= 0.6 is 0 Å². The minimum absolute atomic E-state index is 0.00984. The molecule has 0 aromatic carbocycles. The van der Waals surface area contributed by atoms with E-state index in [4.69, 9.17) is 15.2 Å². The van der Waals surface area contributed by atoms with Crippen molar-refractivity contribution in [3.05, 3.63) is 0 Å². The van der Waals surface area contributed by atoms with Crippen LogP contribution in [-0.2, 0) is 9.47 Å². The van der Waals surface area contributed by atoms with E-state index in [2.05, 4.69) is 13.8 Å². The van der Waals surface area contributed by atoms with Gasteiger partial charge in [-0.3, -0.25) is 0 Å². The molecule has 1 fully saturated rings. The first-order chi connectivity index (χ1) is 7.58. The summed E-state index contributed by atoms with van der Waals surface area (Å²) in [4.78, 5) is 0. The molecule has 0 spiro atoms. The minimum Gasteiger partial charge on any atom is -0.384 e. The second-order valence-corrected chi connectivity index (χ2v) is 5.42. The van der Waals surface area contributed by atoms with E-state index >= 15 is 0 Å². The predicted molar refractivity (Wildman–Crippen MR) is 66.4 cm³/mol. The molecule has 3 heteroatoms. The summed E-state index contributed by atoms with van der Waals surface area (Å²) >= 11 is 0. The molecule has 1 aliphatic rings. The summed E-state index contributed by atoms with van der Waals surface area (Å²) in [6, 6.07) is 0.202. The molecular weight excluding hydrogens is 202 g/mol. The SMILES string of the molecule is COCC1(C(OC)C(C)C)CCCCC1N. The maximum Gasteiger partial charge on any atom is 0.0687 e. The molecule has 1 rings (SSSR count). The van der Waals surface area contributed by atoms with Crippen LogP contribution in [0, 0.1) is 11.3 Å². The van der Waals surface area contributed by atoms with Crippen molar-refractivity contribution >= 4 is 0 Å². The van der Waals surface area contributed by atoms with Gasteiger partial charge in [0.2, 0.25) is 0 Å². The zero-order valence-electron chi connectivity index (χ0n) is 11.2. The average Bonchev–Trinajstić information content (AvgIpc) is 2.23. The molecule has 0 aliphatic heterocycles. The highest BCUT2D eigenvalue weighted by Crippen LogP contribution is 2.42. The molecule has 3 unspecified atom stereocenters. The van der Waals surface area contributed by atoms with Crippen molar-refractivity contribution in [1.29, 1.82) is 0 Å². The van der Waals surface area contributed by atoms with Gasteiger partial charge in [-0.2, -0.15) is 0 Å². The number of ether oxygens (including phenoxy) is 2. The monoisotopic (exact) mass is 229 g/mol. The fourth-order valence-electron chi connectivity index (χ4n) is 3.35. The highest BCUT2D eigenvalue weighted by atomic mass is 16.5. The van der Waals surface area contributed by atoms with E-state index in [9.17, 15) is 0 Å². The molecule has 0 amide bonds. The molecule has 3 nitrogen and oxygen atoms in total. The van der Waals surface area contributed by atoms with Gasteiger partial charge in [-0.1, -0.05) is 26.7 Å². The molecule has 0 radical (unpaired) electrons. The summed E-state index contributed by atoms with van der Waals surface area (Å²) in [6.07, 6.45) is 4.89. The standard InChI is InChI=1S/C13H27NO2/c1-10(2)12(16-4)13(9-15-3)8-6-5-7-11(13)14/h10-12H,5-9,14H2,1-4H3. The lowest BCUT2D eigenvalue weighted by Crippen LogP contribution is -2.56. The van der Waals surface area contributed by atoms with Crippen molar-refractivity contribution < 1.29 is 9.47 Å². The Morgan fingerprint density at radius 3 is 2.44 bits per heavy atom. The fourth-order valence-corrected chi connectivity index (χ4v) is 3.35. The molecule has 2 N–H and O–H groups in total. The van der Waals surface area contributed by atoms with E-state index in [1.165, 1.54) is 12.8 Å². The van der Waals surface area contributed by atoms with Crippen molar-refractivity contribution in [2.24, 2.45) is 17.1 Å². The Labute approximate surface area is 99.7 Å². The Bertz CT molecular complexity index is 204. The molecule has 1 saturated carbocycles. The van der Waals surface area contributed by atoms with E-state index in [0.717, 1.165) is 12.8 Å². The second-order valence-electron chi connectivity index (χ2n) is 5.42. The largest absolute Gasteiger partial charge is 0.384 e. The van der Waals surface area contributed by atoms with Crippen LogP contribution in [0.3, 0.4) is 0 Å². The Morgan fingerprint density at radius 1 is 1.31 bits per heavy atom. The van der Waals surface area contributed by atoms with Gasteiger partial charge in [0, 0.05) is 25.7 Å². The van der Waals surface area contributed by atoms with Gasteiger partial charge in [0.25, 0.3) is 0 Å². The van der Waals surface area contributed by atoms with Gasteiger partial charge < -0.3 is 15.2 Å². The van der Waals surface area contributed by atoms with Gasteiger partial charge in [0.05, 0.1) is 12.7 Å². The Morgan fingerprint density at radius 2 is 2.00 bits per heavy atom. The third-order valence-corrected chi connectivity index (χ3v) is 3.98. The van der Waals surface area contributed by atoms with Crippen LogP contribution < -0.4 is 5.73 Å². The second kappa shape index (κ2) is 5.99. The molecular formula is C13H27NO2. The highest BCUT2D eigenvalue weighted by molar-refractivity contribution is 4.99. The Kier molecular flexibility index (Phi) is 5.22. The summed E-state index contributed by atoms with van der Waals surface area (Å²) in [5.41, 5.74) is 6.36. The lowest BCUT2D eigenvalue weighted by molar-refractivity contribution is -0.105. The summed E-state index contributed by atoms with van der Waals surface area (Å²) < 4.78 is 11.1. The normalized spacial score (nSPS) is 33.0. The first-order valence-corrected chi connectivity index (χ1v) is 6.35. The zero-order valence-corrected chi connectivity index (χ0v) is 11.2. The summed E-state index contributed by atoms with van der Waals surface area (Å²) in [5.74, 6) is 0.476. The molecule has 0 heterocycles. The number of hydrogen-bond acceptors (Lipinski definition) is 3. The summed E-state index contributed by atoms with van der Waals surface area (Å²) in [6.45, 7) is 5.12. The number of hydrogen-bond donors (Lipinski definition) is 1. The molecule has 1 aliphatic carbocycles. The van der Waals surface area contributed by atoms with Crippen LogP contribution in [-0.4, -0.2) is 33.0 Å². The molecule has 0 bridgehead atoms. The molecule has 96 valence electrons. The van der Waals surface area contributed by atoms with Crippen molar-refractivity contribution in [2.45, 2.75) is 51.7 Å². The molecule has 0 aromatic rings. The maximum atomic E-state index is 6.35. The number of nitrogens with two attached hydrogens (primary N) is 1. The zero-order chi connectivity index (χ0) is 12.2. The lowest BCUT2D eigenvalue weighted by atomic mass is 9.65. The lowest BCUT2D eigenvalue weighted by Gasteiger charge is -2.48. The van der Waals surface area contributed by atoms with Gasteiger partial charge in [-0.05, 0) is 18.8 Å². The van der Waals surface area contributed by atoms with Gasteiger partial charge in [0.1, 0.15) is 0 Å². The van der Waals surface area contributed by atoms with E-state index in [0.29, 0.717) is 12.5 Å². The maximum absolute atomic E-state index is 6.35. The van der Waals surface area contributed by atoms with Gasteiger partial charge in [0.15, 0.2) is 0 Å². The first kappa shape index (κ1) is 13.9. The third-order valence-electron chi connectivity index (χ3n) is 3.98. The van der Waals surface area contributed by atoms with E-state index < -0.39 is 0 Å². The van der Waals surface area contributed by atoms with E-state index in [1.807, 2.05) is 0 Å². The van der Waals surface area contributed by atoms with E-state index in [-0.39, 0.29) is 17.6 Å². The fraction of sp³-hybridized carbons (Fsp3) is 1.00. The smallest absolute Gasteiger partial charge is 0.0687 e. The van der Waals surface area contributed by atoms with Crippen LogP contribution in [0.25, 0.3) is 0 Å². The quantitative estimate of drug-likeness (QED) is 0.786. The Balaban J connectivity index is 2.91. The summed E-state index contributed by atoms with van der Waals surface area (Å²) in [7, 11) is 3.56. The van der Waals surface area contributed by atoms with Gasteiger partial charge in [-0.25, -0.2) is 0 Å². The molecule has 0 saturated heterocycles. The third kappa shape index (κ3) is 2.58. The van der Waals surface area contributed by atoms with Crippen LogP contribution in [0.4, 0.5) is 0 Å². The van der Waals surface area contributed by atoms with Crippen molar-refractivity contribution in [3.8, 4) is 0 Å². The van der Waals surface area contributed by atoms with E-state index in [1.54, 1.807) is 14.2 Å². The number of rotatable bonds is 5. The topological polar surface area (TPSA) is 44.5 Å². The van der Waals surface area contributed by atoms with Gasteiger partial charge >= 0.3 is 0 Å². The average molecular weight is 229 g/mol. The highest BCUT2D eigenvalue weighted by Gasteiger charge is 2.46. The molecule has 3 atom stereocenters. The van der Waals surface area contributed by atoms with Gasteiger partial charge in [-0.15, -0.1) is 0 Å².